The van der Waals surface area contributed by atoms with Crippen molar-refractivity contribution in [3.05, 3.63) is 35.4 Å². The predicted octanol–water partition coefficient (Wildman–Crippen LogP) is 2.57. The van der Waals surface area contributed by atoms with Crippen LogP contribution in [0.2, 0.25) is 0 Å². The second-order valence-electron chi connectivity index (χ2n) is 4.04. The van der Waals surface area contributed by atoms with Gasteiger partial charge in [0, 0.05) is 18.0 Å². The van der Waals surface area contributed by atoms with Crippen molar-refractivity contribution in [1.29, 1.82) is 0 Å². The van der Waals surface area contributed by atoms with Gasteiger partial charge in [-0.1, -0.05) is 0 Å². The van der Waals surface area contributed by atoms with Crippen molar-refractivity contribution in [2.45, 2.75) is 12.8 Å². The molecule has 1 heterocycles. The van der Waals surface area contributed by atoms with Crippen LogP contribution in [0.25, 0.3) is 0 Å². The largest absolute Gasteiger partial charge is 0.316 e. The number of rotatable bonds is 2. The van der Waals surface area contributed by atoms with Crippen LogP contribution in [0.1, 0.15) is 23.2 Å². The van der Waals surface area contributed by atoms with Gasteiger partial charge in [-0.05, 0) is 37.6 Å². The normalized spacial score (nSPS) is 19.5. The first kappa shape index (κ1) is 14.1. The molecule has 0 unspecified atom stereocenters. The molecule has 1 aliphatic heterocycles. The Hall–Kier alpha value is -1.00. The molecule has 17 heavy (non-hydrogen) atoms. The molecule has 1 fully saturated rings. The van der Waals surface area contributed by atoms with Crippen molar-refractivity contribution in [2.24, 2.45) is 5.92 Å². The van der Waals surface area contributed by atoms with Crippen molar-refractivity contribution in [3.63, 3.8) is 0 Å². The van der Waals surface area contributed by atoms with E-state index in [0.29, 0.717) is 6.54 Å². The van der Waals surface area contributed by atoms with Crippen LogP contribution in [-0.2, 0) is 0 Å². The van der Waals surface area contributed by atoms with Crippen LogP contribution in [0.5, 0.6) is 0 Å². The van der Waals surface area contributed by atoms with Gasteiger partial charge in [-0.25, -0.2) is 8.78 Å². The number of hydrogen-bond acceptors (Lipinski definition) is 2. The maximum Gasteiger partial charge on any atom is 0.167 e. The minimum absolute atomic E-state index is 0. The Labute approximate surface area is 105 Å². The number of benzene rings is 1. The number of carbonyl (C=O) groups excluding carboxylic acids is 1. The molecule has 2 rings (SSSR count). The Morgan fingerprint density at radius 1 is 1.29 bits per heavy atom. The highest BCUT2D eigenvalue weighted by Crippen LogP contribution is 2.18. The summed E-state index contributed by atoms with van der Waals surface area (Å²) in [5.41, 5.74) is 0.257. The molecule has 1 aromatic carbocycles. The second-order valence-corrected chi connectivity index (χ2v) is 4.04. The lowest BCUT2D eigenvalue weighted by molar-refractivity contribution is 0.0899. The number of halogens is 3. The molecule has 5 heteroatoms. The van der Waals surface area contributed by atoms with Crippen molar-refractivity contribution >= 4 is 18.2 Å². The van der Waals surface area contributed by atoms with E-state index in [0.717, 1.165) is 31.5 Å². The summed E-state index contributed by atoms with van der Waals surface area (Å²) in [4.78, 5) is 11.9. The standard InChI is InChI=1S/C12H13F2NO.ClH/c13-10-4-3-8(6-11(10)14)12(16)9-2-1-5-15-7-9;/h3-4,6,9,15H,1-2,5,7H2;1H/t9-;/m0./s1. The Bertz CT molecular complexity index is 405. The summed E-state index contributed by atoms with van der Waals surface area (Å²) in [7, 11) is 0. The highest BCUT2D eigenvalue weighted by molar-refractivity contribution is 5.98. The Morgan fingerprint density at radius 2 is 2.06 bits per heavy atom. The fourth-order valence-corrected chi connectivity index (χ4v) is 1.96. The molecule has 0 radical (unpaired) electrons. The van der Waals surface area contributed by atoms with E-state index in [1.165, 1.54) is 6.07 Å². The first-order chi connectivity index (χ1) is 7.68. The molecular weight excluding hydrogens is 248 g/mol. The molecule has 0 amide bonds. The van der Waals surface area contributed by atoms with Gasteiger partial charge in [-0.15, -0.1) is 12.4 Å². The first-order valence-corrected chi connectivity index (χ1v) is 5.38. The lowest BCUT2D eigenvalue weighted by Crippen LogP contribution is -2.34. The average molecular weight is 262 g/mol. The average Bonchev–Trinajstić information content (AvgIpc) is 2.33. The number of nitrogens with one attached hydrogen (secondary N) is 1. The van der Waals surface area contributed by atoms with Crippen LogP contribution < -0.4 is 5.32 Å². The molecule has 1 saturated heterocycles. The van der Waals surface area contributed by atoms with Gasteiger partial charge in [0.2, 0.25) is 0 Å². The number of carbonyl (C=O) groups is 1. The highest BCUT2D eigenvalue weighted by atomic mass is 35.5. The third-order valence-electron chi connectivity index (χ3n) is 2.87. The van der Waals surface area contributed by atoms with Gasteiger partial charge < -0.3 is 5.32 Å². The molecule has 0 aliphatic carbocycles. The summed E-state index contributed by atoms with van der Waals surface area (Å²) in [6.07, 6.45) is 1.75. The number of Topliss-reactive ketones (excluding diaryl/α,β-unsaturated/α-hetero) is 1. The van der Waals surface area contributed by atoms with Crippen LogP contribution in [0, 0.1) is 17.6 Å². The van der Waals surface area contributed by atoms with E-state index in [1.807, 2.05) is 0 Å². The fraction of sp³-hybridized carbons (Fsp3) is 0.417. The molecule has 1 N–H and O–H groups in total. The highest BCUT2D eigenvalue weighted by Gasteiger charge is 2.22. The molecular formula is C12H14ClF2NO. The molecule has 2 nitrogen and oxygen atoms in total. The van der Waals surface area contributed by atoms with Crippen molar-refractivity contribution in [1.82, 2.24) is 5.32 Å². The van der Waals surface area contributed by atoms with E-state index in [1.54, 1.807) is 0 Å². The zero-order valence-corrected chi connectivity index (χ0v) is 10.0. The third-order valence-corrected chi connectivity index (χ3v) is 2.87. The van der Waals surface area contributed by atoms with E-state index in [9.17, 15) is 13.6 Å². The minimum atomic E-state index is -0.963. The SMILES string of the molecule is Cl.O=C(c1ccc(F)c(F)c1)[C@H]1CCCNC1. The Balaban J connectivity index is 0.00000144. The Kier molecular flexibility index (Phi) is 5.02. The monoisotopic (exact) mass is 261 g/mol. The van der Waals surface area contributed by atoms with E-state index < -0.39 is 11.6 Å². The smallest absolute Gasteiger partial charge is 0.167 e. The molecule has 94 valence electrons. The van der Waals surface area contributed by atoms with Crippen molar-refractivity contribution < 1.29 is 13.6 Å². The number of hydrogen-bond donors (Lipinski definition) is 1. The van der Waals surface area contributed by atoms with Crippen LogP contribution >= 0.6 is 12.4 Å². The van der Waals surface area contributed by atoms with E-state index in [4.69, 9.17) is 0 Å². The van der Waals surface area contributed by atoms with Crippen molar-refractivity contribution in [3.8, 4) is 0 Å². The lowest BCUT2D eigenvalue weighted by Gasteiger charge is -2.21. The summed E-state index contributed by atoms with van der Waals surface area (Å²) in [5, 5.41) is 3.12. The minimum Gasteiger partial charge on any atom is -0.316 e. The zero-order valence-electron chi connectivity index (χ0n) is 9.21. The third kappa shape index (κ3) is 3.23. The van der Waals surface area contributed by atoms with Gasteiger partial charge in [0.1, 0.15) is 0 Å². The predicted molar refractivity (Wildman–Crippen MR) is 63.5 cm³/mol. The van der Waals surface area contributed by atoms with Gasteiger partial charge in [0.15, 0.2) is 17.4 Å². The van der Waals surface area contributed by atoms with Gasteiger partial charge in [0.25, 0.3) is 0 Å². The Morgan fingerprint density at radius 3 is 2.65 bits per heavy atom. The number of piperidine rings is 1. The van der Waals surface area contributed by atoms with Crippen LogP contribution in [0.4, 0.5) is 8.78 Å². The molecule has 1 atom stereocenters. The van der Waals surface area contributed by atoms with Gasteiger partial charge >= 0.3 is 0 Å². The molecule has 0 aromatic heterocycles. The quantitative estimate of drug-likeness (QED) is 0.829. The fourth-order valence-electron chi connectivity index (χ4n) is 1.96. The molecule has 1 aliphatic rings. The summed E-state index contributed by atoms with van der Waals surface area (Å²) in [5.74, 6) is -2.10. The molecule has 0 saturated carbocycles. The maximum absolute atomic E-state index is 13.0. The first-order valence-electron chi connectivity index (χ1n) is 5.38. The van der Waals surface area contributed by atoms with E-state index in [2.05, 4.69) is 5.32 Å². The molecule has 1 aromatic rings. The van der Waals surface area contributed by atoms with Gasteiger partial charge in [0.05, 0.1) is 0 Å². The topological polar surface area (TPSA) is 29.1 Å². The number of ketones is 1. The van der Waals surface area contributed by atoms with Gasteiger partial charge in [-0.3, -0.25) is 4.79 Å². The van der Waals surface area contributed by atoms with E-state index >= 15 is 0 Å². The summed E-state index contributed by atoms with van der Waals surface area (Å²) in [6.45, 7) is 1.54. The molecule has 0 spiro atoms. The van der Waals surface area contributed by atoms with Gasteiger partial charge in [-0.2, -0.15) is 0 Å². The summed E-state index contributed by atoms with van der Waals surface area (Å²) in [6, 6.07) is 3.32. The van der Waals surface area contributed by atoms with Crippen LogP contribution in [-0.4, -0.2) is 18.9 Å². The van der Waals surface area contributed by atoms with Crippen molar-refractivity contribution in [2.75, 3.05) is 13.1 Å². The zero-order chi connectivity index (χ0) is 11.5. The summed E-state index contributed by atoms with van der Waals surface area (Å²) < 4.78 is 25.7. The molecule has 0 bridgehead atoms. The van der Waals surface area contributed by atoms with Crippen LogP contribution in [0.3, 0.4) is 0 Å². The second kappa shape index (κ2) is 6.07. The van der Waals surface area contributed by atoms with Crippen LogP contribution in [0.15, 0.2) is 18.2 Å². The lowest BCUT2D eigenvalue weighted by atomic mass is 9.91. The summed E-state index contributed by atoms with van der Waals surface area (Å²) >= 11 is 0. The van der Waals surface area contributed by atoms with E-state index in [-0.39, 0.29) is 29.7 Å². The maximum atomic E-state index is 13.0.